The number of hydrogen-bond donors (Lipinski definition) is 3. The predicted octanol–water partition coefficient (Wildman–Crippen LogP) is 3.41. The summed E-state index contributed by atoms with van der Waals surface area (Å²) in [6.45, 7) is -0.624. The lowest BCUT2D eigenvalue weighted by Crippen LogP contribution is -2.59. The normalized spacial score (nSPS) is 27.8. The standard InChI is InChI=1S/C19H15Cl3FN3O4/c20-9-2-1-8-6-19(18(28)24-13(8)5-9)15(17(26(29)30)14(7-27)25-19)11-3-10(21)4-12(22)16(11)23/h1-5,14-15,17,25,27H,6-7H2,(H,24,28)/t14-,15-,17+,19+/m0/s1. The van der Waals surface area contributed by atoms with Crippen LogP contribution in [0.1, 0.15) is 17.0 Å². The molecule has 0 saturated carbocycles. The fraction of sp³-hybridized carbons (Fsp3) is 0.316. The number of nitrogens with zero attached hydrogens (tertiary/aromatic N) is 1. The molecule has 0 aromatic heterocycles. The number of aliphatic hydroxyl groups excluding tert-OH is 1. The molecule has 11 heteroatoms. The number of aliphatic hydroxyl groups is 1. The minimum Gasteiger partial charge on any atom is -0.394 e. The van der Waals surface area contributed by atoms with Crippen LogP contribution in [0.2, 0.25) is 15.1 Å². The van der Waals surface area contributed by atoms with E-state index in [1.165, 1.54) is 12.1 Å². The summed E-state index contributed by atoms with van der Waals surface area (Å²) in [7, 11) is 0. The molecule has 158 valence electrons. The first-order chi connectivity index (χ1) is 14.2. The largest absolute Gasteiger partial charge is 0.394 e. The zero-order valence-electron chi connectivity index (χ0n) is 15.2. The molecule has 30 heavy (non-hydrogen) atoms. The van der Waals surface area contributed by atoms with E-state index in [1.807, 2.05) is 0 Å². The number of carbonyl (C=O) groups is 1. The zero-order chi connectivity index (χ0) is 21.8. The van der Waals surface area contributed by atoms with Gasteiger partial charge < -0.3 is 10.4 Å². The van der Waals surface area contributed by atoms with Crippen molar-refractivity contribution in [2.75, 3.05) is 11.9 Å². The lowest BCUT2D eigenvalue weighted by molar-refractivity contribution is -0.527. The average molecular weight is 475 g/mol. The highest BCUT2D eigenvalue weighted by Crippen LogP contribution is 2.48. The quantitative estimate of drug-likeness (QED) is 0.359. The second-order valence-corrected chi connectivity index (χ2v) is 8.66. The van der Waals surface area contributed by atoms with E-state index in [0.29, 0.717) is 16.3 Å². The van der Waals surface area contributed by atoms with Gasteiger partial charge in [-0.05, 0) is 29.8 Å². The van der Waals surface area contributed by atoms with Gasteiger partial charge >= 0.3 is 0 Å². The first kappa shape index (κ1) is 21.3. The lowest BCUT2D eigenvalue weighted by Gasteiger charge is -2.38. The average Bonchev–Trinajstić information content (AvgIpc) is 3.01. The molecular weight excluding hydrogens is 460 g/mol. The van der Waals surface area contributed by atoms with Crippen LogP contribution in [0.15, 0.2) is 30.3 Å². The molecule has 2 aliphatic heterocycles. The lowest BCUT2D eigenvalue weighted by atomic mass is 9.72. The number of benzene rings is 2. The van der Waals surface area contributed by atoms with Gasteiger partial charge in [-0.25, -0.2) is 4.39 Å². The number of nitrogens with one attached hydrogen (secondary N) is 2. The number of fused-ring (bicyclic) bond motifs is 1. The fourth-order valence-electron chi connectivity index (χ4n) is 4.51. The summed E-state index contributed by atoms with van der Waals surface area (Å²) in [4.78, 5) is 24.6. The molecule has 2 aliphatic rings. The van der Waals surface area contributed by atoms with Gasteiger partial charge in [-0.15, -0.1) is 0 Å². The molecule has 1 fully saturated rings. The number of hydrogen-bond acceptors (Lipinski definition) is 5. The van der Waals surface area contributed by atoms with E-state index < -0.39 is 46.8 Å². The first-order valence-corrected chi connectivity index (χ1v) is 10.1. The molecule has 2 heterocycles. The SMILES string of the molecule is O=C1Nc2cc(Cl)ccc2C[C@]12N[C@@H](CO)[C@@H]([N+](=O)[O-])[C@@H]2c1cc(Cl)cc(Cl)c1F. The van der Waals surface area contributed by atoms with E-state index in [0.717, 1.165) is 0 Å². The Morgan fingerprint density at radius 1 is 1.23 bits per heavy atom. The summed E-state index contributed by atoms with van der Waals surface area (Å²) >= 11 is 18.0. The van der Waals surface area contributed by atoms with Crippen molar-refractivity contribution in [2.45, 2.75) is 30.0 Å². The number of rotatable bonds is 3. The molecule has 0 aliphatic carbocycles. The van der Waals surface area contributed by atoms with Gasteiger partial charge in [-0.3, -0.25) is 20.2 Å². The summed E-state index contributed by atoms with van der Waals surface area (Å²) < 4.78 is 15.1. The summed E-state index contributed by atoms with van der Waals surface area (Å²) in [5.41, 5.74) is -0.648. The number of carbonyl (C=O) groups excluding carboxylic acids is 1. The van der Waals surface area contributed by atoms with Gasteiger partial charge in [-0.1, -0.05) is 40.9 Å². The smallest absolute Gasteiger partial charge is 0.245 e. The predicted molar refractivity (Wildman–Crippen MR) is 110 cm³/mol. The maximum Gasteiger partial charge on any atom is 0.245 e. The van der Waals surface area contributed by atoms with Crippen molar-refractivity contribution in [2.24, 2.45) is 0 Å². The molecule has 1 saturated heterocycles. The Kier molecular flexibility index (Phi) is 5.40. The summed E-state index contributed by atoms with van der Waals surface area (Å²) in [5, 5.41) is 27.6. The van der Waals surface area contributed by atoms with Crippen LogP contribution >= 0.6 is 34.8 Å². The molecule has 1 spiro atoms. The van der Waals surface area contributed by atoms with Crippen molar-refractivity contribution in [3.05, 3.63) is 72.5 Å². The number of anilines is 1. The molecule has 0 bridgehead atoms. The molecule has 3 N–H and O–H groups in total. The molecule has 1 amide bonds. The molecule has 4 atom stereocenters. The summed E-state index contributed by atoms with van der Waals surface area (Å²) in [6.07, 6.45) is 0.0143. The van der Waals surface area contributed by atoms with Crippen molar-refractivity contribution in [1.82, 2.24) is 5.32 Å². The molecule has 2 aromatic carbocycles. The Bertz CT molecular complexity index is 1070. The molecule has 7 nitrogen and oxygen atoms in total. The van der Waals surface area contributed by atoms with Gasteiger partial charge in [0.1, 0.15) is 11.4 Å². The van der Waals surface area contributed by atoms with Gasteiger partial charge in [-0.2, -0.15) is 0 Å². The topological polar surface area (TPSA) is 104 Å². The van der Waals surface area contributed by atoms with Gasteiger partial charge in [0, 0.05) is 32.6 Å². The van der Waals surface area contributed by atoms with E-state index >= 15 is 4.39 Å². The van der Waals surface area contributed by atoms with Crippen LogP contribution in [0.5, 0.6) is 0 Å². The summed E-state index contributed by atoms with van der Waals surface area (Å²) in [6, 6.07) is 4.70. The van der Waals surface area contributed by atoms with E-state index in [9.17, 15) is 20.0 Å². The van der Waals surface area contributed by atoms with E-state index in [1.54, 1.807) is 18.2 Å². The van der Waals surface area contributed by atoms with Gasteiger partial charge in [0.2, 0.25) is 11.9 Å². The van der Waals surface area contributed by atoms with E-state index in [4.69, 9.17) is 34.8 Å². The Morgan fingerprint density at radius 3 is 2.63 bits per heavy atom. The highest BCUT2D eigenvalue weighted by molar-refractivity contribution is 6.34. The van der Waals surface area contributed by atoms with E-state index in [-0.39, 0.29) is 22.0 Å². The number of nitro groups is 1. The van der Waals surface area contributed by atoms with Crippen LogP contribution in [0.25, 0.3) is 0 Å². The van der Waals surface area contributed by atoms with Crippen molar-refractivity contribution in [3.63, 3.8) is 0 Å². The van der Waals surface area contributed by atoms with Crippen LogP contribution in [-0.2, 0) is 11.2 Å². The van der Waals surface area contributed by atoms with Gasteiger partial charge in [0.25, 0.3) is 0 Å². The van der Waals surface area contributed by atoms with Crippen molar-refractivity contribution in [3.8, 4) is 0 Å². The summed E-state index contributed by atoms with van der Waals surface area (Å²) in [5.74, 6) is -2.78. The highest BCUT2D eigenvalue weighted by Gasteiger charge is 2.64. The third-order valence-corrected chi connectivity index (χ3v) is 6.45. The molecule has 0 radical (unpaired) electrons. The highest BCUT2D eigenvalue weighted by atomic mass is 35.5. The minimum atomic E-state index is -1.61. The Balaban J connectivity index is 1.94. The maximum atomic E-state index is 15.1. The van der Waals surface area contributed by atoms with Crippen molar-refractivity contribution in [1.29, 1.82) is 0 Å². The van der Waals surface area contributed by atoms with Crippen LogP contribution in [0.3, 0.4) is 0 Å². The van der Waals surface area contributed by atoms with E-state index in [2.05, 4.69) is 10.6 Å². The molecule has 4 rings (SSSR count). The van der Waals surface area contributed by atoms with Crippen molar-refractivity contribution < 1.29 is 19.2 Å². The third kappa shape index (κ3) is 3.23. The number of halogens is 4. The maximum absolute atomic E-state index is 15.1. The minimum absolute atomic E-state index is 0.0143. The monoisotopic (exact) mass is 473 g/mol. The van der Waals surface area contributed by atoms with Crippen LogP contribution in [0.4, 0.5) is 10.1 Å². The Labute approximate surface area is 185 Å². The third-order valence-electron chi connectivity index (χ3n) is 5.72. The van der Waals surface area contributed by atoms with Crippen molar-refractivity contribution >= 4 is 46.4 Å². The zero-order valence-corrected chi connectivity index (χ0v) is 17.4. The second kappa shape index (κ2) is 7.62. The molecule has 2 aromatic rings. The Morgan fingerprint density at radius 2 is 1.97 bits per heavy atom. The van der Waals surface area contributed by atoms with Gasteiger partial charge in [0.05, 0.1) is 23.6 Å². The van der Waals surface area contributed by atoms with Crippen LogP contribution in [-0.4, -0.2) is 40.2 Å². The Hall–Kier alpha value is -1.97. The second-order valence-electron chi connectivity index (χ2n) is 7.38. The first-order valence-electron chi connectivity index (χ1n) is 8.94. The van der Waals surface area contributed by atoms with Crippen LogP contribution in [0, 0.1) is 15.9 Å². The van der Waals surface area contributed by atoms with Gasteiger partial charge in [0.15, 0.2) is 0 Å². The molecule has 0 unspecified atom stereocenters. The van der Waals surface area contributed by atoms with Crippen LogP contribution < -0.4 is 10.6 Å². The number of amides is 1. The molecular formula is C19H15Cl3FN3O4. The fourth-order valence-corrected chi connectivity index (χ4v) is 5.19.